The first-order valence-corrected chi connectivity index (χ1v) is 8.19. The van der Waals surface area contributed by atoms with Gasteiger partial charge in [0.25, 0.3) is 0 Å². The van der Waals surface area contributed by atoms with Crippen molar-refractivity contribution in [2.75, 3.05) is 0 Å². The van der Waals surface area contributed by atoms with Crippen LogP contribution in [0.25, 0.3) is 11.2 Å². The highest BCUT2D eigenvalue weighted by molar-refractivity contribution is 5.71. The van der Waals surface area contributed by atoms with Crippen LogP contribution in [0, 0.1) is 6.92 Å². The molecule has 0 aliphatic rings. The summed E-state index contributed by atoms with van der Waals surface area (Å²) in [6.07, 6.45) is 2.64. The first-order valence-electron chi connectivity index (χ1n) is 8.19. The lowest BCUT2D eigenvalue weighted by atomic mass is 10.1. The van der Waals surface area contributed by atoms with E-state index in [4.69, 9.17) is 4.98 Å². The molecule has 0 spiro atoms. The van der Waals surface area contributed by atoms with Crippen LogP contribution < -0.4 is 0 Å². The van der Waals surface area contributed by atoms with E-state index in [1.165, 1.54) is 16.7 Å². The van der Waals surface area contributed by atoms with Gasteiger partial charge in [0, 0.05) is 12.6 Å². The van der Waals surface area contributed by atoms with Crippen LogP contribution in [0.3, 0.4) is 0 Å². The van der Waals surface area contributed by atoms with Gasteiger partial charge in [0.1, 0.15) is 11.3 Å². The molecule has 0 fully saturated rings. The first kappa shape index (κ1) is 14.6. The Morgan fingerprint density at radius 1 is 0.833 bits per heavy atom. The maximum Gasteiger partial charge on any atom is 0.160 e. The fraction of sp³-hybridized carbons (Fsp3) is 0.143. The van der Waals surface area contributed by atoms with Crippen LogP contribution in [0.1, 0.15) is 22.5 Å². The molecule has 4 rings (SSSR count). The van der Waals surface area contributed by atoms with Gasteiger partial charge in [0.05, 0.1) is 6.54 Å². The zero-order valence-corrected chi connectivity index (χ0v) is 13.7. The van der Waals surface area contributed by atoms with E-state index in [0.29, 0.717) is 0 Å². The van der Waals surface area contributed by atoms with E-state index in [9.17, 15) is 0 Å². The lowest BCUT2D eigenvalue weighted by Crippen LogP contribution is -2.06. The molecule has 3 heteroatoms. The highest BCUT2D eigenvalue weighted by Gasteiger charge is 2.12. The monoisotopic (exact) mass is 313 g/mol. The van der Waals surface area contributed by atoms with Crippen LogP contribution in [0.15, 0.2) is 72.9 Å². The lowest BCUT2D eigenvalue weighted by Gasteiger charge is -2.09. The number of benzene rings is 2. The number of pyridine rings is 1. The molecule has 0 amide bonds. The van der Waals surface area contributed by atoms with Crippen molar-refractivity contribution in [1.29, 1.82) is 0 Å². The quantitative estimate of drug-likeness (QED) is 0.560. The molecule has 0 unspecified atom stereocenters. The zero-order chi connectivity index (χ0) is 16.4. The minimum atomic E-state index is 0.788. The summed E-state index contributed by atoms with van der Waals surface area (Å²) >= 11 is 0. The van der Waals surface area contributed by atoms with Gasteiger partial charge < -0.3 is 4.57 Å². The topological polar surface area (TPSA) is 30.7 Å². The summed E-state index contributed by atoms with van der Waals surface area (Å²) in [5, 5.41) is 0. The van der Waals surface area contributed by atoms with Crippen LogP contribution >= 0.6 is 0 Å². The molecule has 0 saturated carbocycles. The third kappa shape index (κ3) is 2.93. The predicted molar refractivity (Wildman–Crippen MR) is 97.1 cm³/mol. The average molecular weight is 313 g/mol. The molecule has 118 valence electrons. The Hall–Kier alpha value is -2.94. The normalized spacial score (nSPS) is 11.0. The molecule has 0 radical (unpaired) electrons. The van der Waals surface area contributed by atoms with Gasteiger partial charge in [-0.1, -0.05) is 60.2 Å². The van der Waals surface area contributed by atoms with Gasteiger partial charge in [-0.05, 0) is 30.2 Å². The van der Waals surface area contributed by atoms with Crippen LogP contribution in [0.4, 0.5) is 0 Å². The molecule has 0 atom stereocenters. The standard InChI is InChI=1S/C21H19N3/c1-16-9-11-18(12-10-16)15-24-20(14-17-6-3-2-4-7-17)23-19-8-5-13-22-21(19)24/h2-13H,14-15H2,1H3. The lowest BCUT2D eigenvalue weighted by molar-refractivity contribution is 0.755. The molecule has 24 heavy (non-hydrogen) atoms. The fourth-order valence-corrected chi connectivity index (χ4v) is 2.96. The van der Waals surface area contributed by atoms with Crippen molar-refractivity contribution in [2.24, 2.45) is 0 Å². The molecule has 2 heterocycles. The van der Waals surface area contributed by atoms with E-state index < -0.39 is 0 Å². The second-order valence-electron chi connectivity index (χ2n) is 6.11. The predicted octanol–water partition coefficient (Wildman–Crippen LogP) is 4.38. The van der Waals surface area contributed by atoms with Gasteiger partial charge >= 0.3 is 0 Å². The van der Waals surface area contributed by atoms with Gasteiger partial charge in [-0.2, -0.15) is 0 Å². The third-order valence-electron chi connectivity index (χ3n) is 4.25. The van der Waals surface area contributed by atoms with Crippen molar-refractivity contribution in [3.05, 3.63) is 95.4 Å². The van der Waals surface area contributed by atoms with E-state index in [1.807, 2.05) is 24.4 Å². The third-order valence-corrected chi connectivity index (χ3v) is 4.25. The molecular formula is C21H19N3. The average Bonchev–Trinajstić information content (AvgIpc) is 2.95. The van der Waals surface area contributed by atoms with E-state index in [0.717, 1.165) is 30.0 Å². The van der Waals surface area contributed by atoms with E-state index in [-0.39, 0.29) is 0 Å². The second-order valence-corrected chi connectivity index (χ2v) is 6.11. The summed E-state index contributed by atoms with van der Waals surface area (Å²) in [4.78, 5) is 9.38. The molecule has 0 bridgehead atoms. The van der Waals surface area contributed by atoms with Gasteiger partial charge in [-0.3, -0.25) is 0 Å². The Kier molecular flexibility index (Phi) is 3.83. The molecule has 0 N–H and O–H groups in total. The SMILES string of the molecule is Cc1ccc(Cn2c(Cc3ccccc3)nc3cccnc32)cc1. The number of nitrogens with zero attached hydrogens (tertiary/aromatic N) is 3. The smallest absolute Gasteiger partial charge is 0.160 e. The van der Waals surface area contributed by atoms with Gasteiger partial charge in [-0.15, -0.1) is 0 Å². The molecule has 0 saturated heterocycles. The maximum atomic E-state index is 4.82. The van der Waals surface area contributed by atoms with Crippen molar-refractivity contribution in [3.8, 4) is 0 Å². The van der Waals surface area contributed by atoms with E-state index in [2.05, 4.69) is 65.0 Å². The Morgan fingerprint density at radius 3 is 2.42 bits per heavy atom. The van der Waals surface area contributed by atoms with E-state index >= 15 is 0 Å². The molecule has 2 aromatic carbocycles. The molecule has 3 nitrogen and oxygen atoms in total. The summed E-state index contributed by atoms with van der Waals surface area (Å²) in [5.74, 6) is 1.05. The van der Waals surface area contributed by atoms with Crippen molar-refractivity contribution in [1.82, 2.24) is 14.5 Å². The zero-order valence-electron chi connectivity index (χ0n) is 13.7. The number of aromatic nitrogens is 3. The van der Waals surface area contributed by atoms with Crippen molar-refractivity contribution >= 4 is 11.2 Å². The highest BCUT2D eigenvalue weighted by atomic mass is 15.1. The summed E-state index contributed by atoms with van der Waals surface area (Å²) in [7, 11) is 0. The second kappa shape index (κ2) is 6.28. The number of aryl methyl sites for hydroxylation is 1. The van der Waals surface area contributed by atoms with Crippen LogP contribution in [-0.4, -0.2) is 14.5 Å². The Balaban J connectivity index is 1.76. The summed E-state index contributed by atoms with van der Waals surface area (Å²) in [6.45, 7) is 2.90. The van der Waals surface area contributed by atoms with Crippen LogP contribution in [0.5, 0.6) is 0 Å². The van der Waals surface area contributed by atoms with E-state index in [1.54, 1.807) is 0 Å². The molecule has 2 aromatic heterocycles. The number of rotatable bonds is 4. The van der Waals surface area contributed by atoms with Gasteiger partial charge in [0.15, 0.2) is 5.65 Å². The summed E-state index contributed by atoms with van der Waals surface area (Å²) in [6, 6.07) is 23.1. The summed E-state index contributed by atoms with van der Waals surface area (Å²) < 4.78 is 2.23. The first-order chi connectivity index (χ1) is 11.8. The van der Waals surface area contributed by atoms with Crippen molar-refractivity contribution < 1.29 is 0 Å². The van der Waals surface area contributed by atoms with Crippen molar-refractivity contribution in [2.45, 2.75) is 19.9 Å². The minimum Gasteiger partial charge on any atom is -0.308 e. The van der Waals surface area contributed by atoms with Crippen LogP contribution in [-0.2, 0) is 13.0 Å². The number of hydrogen-bond acceptors (Lipinski definition) is 2. The Morgan fingerprint density at radius 2 is 1.62 bits per heavy atom. The number of imidazole rings is 1. The Bertz CT molecular complexity index is 953. The highest BCUT2D eigenvalue weighted by Crippen LogP contribution is 2.19. The number of fused-ring (bicyclic) bond motifs is 1. The van der Waals surface area contributed by atoms with Crippen molar-refractivity contribution in [3.63, 3.8) is 0 Å². The molecule has 0 aliphatic carbocycles. The Labute approximate surface area is 141 Å². The fourth-order valence-electron chi connectivity index (χ4n) is 2.96. The maximum absolute atomic E-state index is 4.82. The summed E-state index contributed by atoms with van der Waals surface area (Å²) in [5.41, 5.74) is 5.70. The van der Waals surface area contributed by atoms with Crippen LogP contribution in [0.2, 0.25) is 0 Å². The minimum absolute atomic E-state index is 0.788. The van der Waals surface area contributed by atoms with Gasteiger partial charge in [0.2, 0.25) is 0 Å². The molecular weight excluding hydrogens is 294 g/mol. The number of hydrogen-bond donors (Lipinski definition) is 0. The largest absolute Gasteiger partial charge is 0.308 e. The van der Waals surface area contributed by atoms with Gasteiger partial charge in [-0.25, -0.2) is 9.97 Å². The molecule has 0 aliphatic heterocycles. The molecule has 4 aromatic rings.